The van der Waals surface area contributed by atoms with Crippen LogP contribution in [0.5, 0.6) is 0 Å². The van der Waals surface area contributed by atoms with Crippen molar-refractivity contribution < 1.29 is 4.90 Å². The molecule has 0 unspecified atom stereocenters. The van der Waals surface area contributed by atoms with Crippen molar-refractivity contribution in [1.29, 1.82) is 0 Å². The SMILES string of the molecule is C(=Nc1ccc(N2CC[NH+](Cc3ccccc3)CC2)cc1)c1cccc2ccccc12. The Hall–Kier alpha value is -3.43. The van der Waals surface area contributed by atoms with Crippen molar-refractivity contribution in [2.75, 3.05) is 31.1 Å². The highest BCUT2D eigenvalue weighted by Gasteiger charge is 2.20. The van der Waals surface area contributed by atoms with Crippen LogP contribution in [0.4, 0.5) is 11.4 Å². The van der Waals surface area contributed by atoms with Gasteiger partial charge in [0.05, 0.1) is 31.9 Å². The van der Waals surface area contributed by atoms with Crippen LogP contribution >= 0.6 is 0 Å². The zero-order chi connectivity index (χ0) is 20.9. The van der Waals surface area contributed by atoms with Gasteiger partial charge in [-0.15, -0.1) is 0 Å². The first-order valence-electron chi connectivity index (χ1n) is 11.1. The molecule has 0 radical (unpaired) electrons. The van der Waals surface area contributed by atoms with Crippen molar-refractivity contribution in [2.24, 2.45) is 4.99 Å². The number of quaternary nitrogens is 1. The van der Waals surface area contributed by atoms with Gasteiger partial charge in [0.2, 0.25) is 0 Å². The first kappa shape index (κ1) is 19.5. The molecule has 3 heteroatoms. The van der Waals surface area contributed by atoms with Gasteiger partial charge in [0.25, 0.3) is 0 Å². The van der Waals surface area contributed by atoms with Crippen LogP contribution in [0.3, 0.4) is 0 Å². The van der Waals surface area contributed by atoms with Crippen LogP contribution in [0.2, 0.25) is 0 Å². The lowest BCUT2D eigenvalue weighted by molar-refractivity contribution is -0.914. The van der Waals surface area contributed by atoms with E-state index in [-0.39, 0.29) is 0 Å². The minimum Gasteiger partial charge on any atom is -0.360 e. The third kappa shape index (κ3) is 4.68. The van der Waals surface area contributed by atoms with Gasteiger partial charge < -0.3 is 9.80 Å². The van der Waals surface area contributed by atoms with Crippen LogP contribution in [-0.4, -0.2) is 32.4 Å². The summed E-state index contributed by atoms with van der Waals surface area (Å²) in [7, 11) is 0. The molecule has 31 heavy (non-hydrogen) atoms. The second-order valence-electron chi connectivity index (χ2n) is 8.24. The fourth-order valence-corrected chi connectivity index (χ4v) is 4.40. The quantitative estimate of drug-likeness (QED) is 0.484. The Morgan fingerprint density at radius 1 is 0.742 bits per heavy atom. The van der Waals surface area contributed by atoms with Gasteiger partial charge in [-0.3, -0.25) is 4.99 Å². The number of aliphatic imine (C=N–C) groups is 1. The third-order valence-electron chi connectivity index (χ3n) is 6.16. The summed E-state index contributed by atoms with van der Waals surface area (Å²) in [6.07, 6.45) is 1.98. The number of fused-ring (bicyclic) bond motifs is 1. The molecule has 0 aliphatic carbocycles. The molecule has 0 aromatic heterocycles. The highest BCUT2D eigenvalue weighted by molar-refractivity contribution is 6.00. The fraction of sp³-hybridized carbons (Fsp3) is 0.179. The van der Waals surface area contributed by atoms with E-state index in [0.717, 1.165) is 30.9 Å². The molecular weight excluding hydrogens is 378 g/mol. The molecule has 0 atom stereocenters. The Morgan fingerprint density at radius 3 is 2.26 bits per heavy atom. The number of hydrogen-bond donors (Lipinski definition) is 1. The van der Waals surface area contributed by atoms with Gasteiger partial charge in [-0.25, -0.2) is 0 Å². The van der Waals surface area contributed by atoms with Crippen molar-refractivity contribution in [3.63, 3.8) is 0 Å². The molecule has 0 bridgehead atoms. The van der Waals surface area contributed by atoms with E-state index in [2.05, 4.69) is 102 Å². The largest absolute Gasteiger partial charge is 0.360 e. The van der Waals surface area contributed by atoms with Crippen molar-refractivity contribution in [1.82, 2.24) is 0 Å². The number of rotatable bonds is 5. The Morgan fingerprint density at radius 2 is 1.45 bits per heavy atom. The number of hydrogen-bond acceptors (Lipinski definition) is 2. The summed E-state index contributed by atoms with van der Waals surface area (Å²) in [5, 5.41) is 2.48. The van der Waals surface area contributed by atoms with Crippen LogP contribution in [0.15, 0.2) is 102 Å². The van der Waals surface area contributed by atoms with Gasteiger partial charge in [0.1, 0.15) is 6.54 Å². The molecule has 1 heterocycles. The van der Waals surface area contributed by atoms with Crippen LogP contribution < -0.4 is 9.80 Å². The third-order valence-corrected chi connectivity index (χ3v) is 6.16. The Balaban J connectivity index is 1.21. The summed E-state index contributed by atoms with van der Waals surface area (Å²) in [5.74, 6) is 0. The summed E-state index contributed by atoms with van der Waals surface area (Å²) < 4.78 is 0. The molecule has 3 nitrogen and oxygen atoms in total. The number of piperazine rings is 1. The van der Waals surface area contributed by atoms with E-state index in [0.29, 0.717) is 0 Å². The number of nitrogens with zero attached hydrogens (tertiary/aromatic N) is 2. The molecule has 154 valence electrons. The Kier molecular flexibility index (Phi) is 5.76. The highest BCUT2D eigenvalue weighted by atomic mass is 15.3. The summed E-state index contributed by atoms with van der Waals surface area (Å²) in [6.45, 7) is 5.67. The van der Waals surface area contributed by atoms with Gasteiger partial charge in [0.15, 0.2) is 0 Å². The van der Waals surface area contributed by atoms with E-state index in [1.807, 2.05) is 6.21 Å². The van der Waals surface area contributed by atoms with Gasteiger partial charge >= 0.3 is 0 Å². The predicted octanol–water partition coefficient (Wildman–Crippen LogP) is 4.50. The topological polar surface area (TPSA) is 20.0 Å². The smallest absolute Gasteiger partial charge is 0.103 e. The van der Waals surface area contributed by atoms with Gasteiger partial charge in [-0.05, 0) is 35.0 Å². The lowest BCUT2D eigenvalue weighted by atomic mass is 10.1. The standard InChI is InChI=1S/C28H27N3/c1-2-7-23(8-3-1)22-30-17-19-31(20-18-30)27-15-13-26(14-16-27)29-21-25-11-6-10-24-9-4-5-12-28(24)25/h1-16,21H,17-20,22H2/p+1. The van der Waals surface area contributed by atoms with E-state index in [4.69, 9.17) is 4.99 Å². The number of benzene rings is 4. The first-order chi connectivity index (χ1) is 15.3. The number of anilines is 1. The van der Waals surface area contributed by atoms with E-state index in [9.17, 15) is 0 Å². The van der Waals surface area contributed by atoms with Gasteiger partial charge in [-0.2, -0.15) is 0 Å². The van der Waals surface area contributed by atoms with Crippen molar-refractivity contribution in [3.05, 3.63) is 108 Å². The van der Waals surface area contributed by atoms with Crippen molar-refractivity contribution in [2.45, 2.75) is 6.54 Å². The van der Waals surface area contributed by atoms with Crippen molar-refractivity contribution in [3.8, 4) is 0 Å². The fourth-order valence-electron chi connectivity index (χ4n) is 4.40. The zero-order valence-corrected chi connectivity index (χ0v) is 17.7. The molecule has 0 amide bonds. The summed E-state index contributed by atoms with van der Waals surface area (Å²) in [6, 6.07) is 34.3. The van der Waals surface area contributed by atoms with Gasteiger partial charge in [0, 0.05) is 23.0 Å². The molecule has 0 saturated carbocycles. The second kappa shape index (κ2) is 9.15. The predicted molar refractivity (Wildman–Crippen MR) is 131 cm³/mol. The first-order valence-corrected chi connectivity index (χ1v) is 11.1. The van der Waals surface area contributed by atoms with Crippen LogP contribution in [0, 0.1) is 0 Å². The van der Waals surface area contributed by atoms with E-state index in [1.165, 1.54) is 35.1 Å². The Labute approximate surface area is 184 Å². The minimum atomic E-state index is 0.991. The average molecular weight is 407 g/mol. The Bertz CT molecular complexity index is 1150. The van der Waals surface area contributed by atoms with E-state index >= 15 is 0 Å². The summed E-state index contributed by atoms with van der Waals surface area (Å²) >= 11 is 0. The lowest BCUT2D eigenvalue weighted by Gasteiger charge is -2.33. The van der Waals surface area contributed by atoms with E-state index in [1.54, 1.807) is 4.90 Å². The summed E-state index contributed by atoms with van der Waals surface area (Å²) in [4.78, 5) is 8.88. The van der Waals surface area contributed by atoms with Crippen LogP contribution in [-0.2, 0) is 6.54 Å². The zero-order valence-electron chi connectivity index (χ0n) is 17.7. The van der Waals surface area contributed by atoms with Crippen LogP contribution in [0.25, 0.3) is 10.8 Å². The molecule has 0 spiro atoms. The summed E-state index contributed by atoms with van der Waals surface area (Å²) in [5.41, 5.74) is 4.87. The molecular formula is C28H28N3+. The molecule has 1 aliphatic heterocycles. The van der Waals surface area contributed by atoms with Crippen LogP contribution in [0.1, 0.15) is 11.1 Å². The van der Waals surface area contributed by atoms with E-state index < -0.39 is 0 Å². The lowest BCUT2D eigenvalue weighted by Crippen LogP contribution is -3.13. The minimum absolute atomic E-state index is 0.991. The normalized spacial score (nSPS) is 15.0. The van der Waals surface area contributed by atoms with Crippen molar-refractivity contribution >= 4 is 28.4 Å². The van der Waals surface area contributed by atoms with Gasteiger partial charge in [-0.1, -0.05) is 72.8 Å². The average Bonchev–Trinajstić information content (AvgIpc) is 2.84. The molecule has 1 saturated heterocycles. The maximum absolute atomic E-state index is 4.72. The molecule has 5 rings (SSSR count). The number of nitrogens with one attached hydrogen (secondary N) is 1. The second-order valence-corrected chi connectivity index (χ2v) is 8.24. The molecule has 1 fully saturated rings. The molecule has 1 N–H and O–H groups in total. The maximum atomic E-state index is 4.72. The molecule has 4 aromatic carbocycles. The molecule has 4 aromatic rings. The maximum Gasteiger partial charge on any atom is 0.103 e. The molecule has 1 aliphatic rings. The highest BCUT2D eigenvalue weighted by Crippen LogP contribution is 2.21. The monoisotopic (exact) mass is 406 g/mol.